The van der Waals surface area contributed by atoms with Crippen LogP contribution in [0.2, 0.25) is 0 Å². The molecule has 0 radical (unpaired) electrons. The SMILES string of the molecule is CCC1(CC)c2cc(C(=N/OC(=O)c3ccccc3)/C(C)=N/OC(=O)c3ccccc3)ccc2-c2ccc(C(=N/OC(=O)c3ccccc3)/C(C)=N/OC(=O)c3ccccc3)cc21. The van der Waals surface area contributed by atoms with Crippen molar-refractivity contribution in [2.24, 2.45) is 20.6 Å². The van der Waals surface area contributed by atoms with Gasteiger partial charge in [0.15, 0.2) is 0 Å². The predicted molar refractivity (Wildman–Crippen MR) is 240 cm³/mol. The molecule has 12 nitrogen and oxygen atoms in total. The molecule has 7 rings (SSSR count). The van der Waals surface area contributed by atoms with E-state index in [4.69, 9.17) is 19.4 Å². The lowest BCUT2D eigenvalue weighted by Gasteiger charge is -2.30. The lowest BCUT2D eigenvalue weighted by molar-refractivity contribution is 0.0502. The number of fused-ring (bicyclic) bond motifs is 3. The van der Waals surface area contributed by atoms with Gasteiger partial charge in [0, 0.05) is 16.5 Å². The smallest absolute Gasteiger partial charge is 0.312 e. The van der Waals surface area contributed by atoms with Gasteiger partial charge in [-0.3, -0.25) is 0 Å². The van der Waals surface area contributed by atoms with E-state index in [9.17, 15) is 19.2 Å². The second-order valence-corrected chi connectivity index (χ2v) is 14.5. The van der Waals surface area contributed by atoms with E-state index in [2.05, 4.69) is 34.5 Å². The number of benzene rings is 6. The first kappa shape index (κ1) is 43.0. The molecule has 0 spiro atoms. The van der Waals surface area contributed by atoms with E-state index in [-0.39, 0.29) is 22.8 Å². The molecule has 0 fully saturated rings. The fourth-order valence-electron chi connectivity index (χ4n) is 7.45. The van der Waals surface area contributed by atoms with Gasteiger partial charge in [0.05, 0.1) is 22.3 Å². The second kappa shape index (κ2) is 19.5. The van der Waals surface area contributed by atoms with E-state index in [1.807, 2.05) is 36.4 Å². The van der Waals surface area contributed by atoms with Crippen molar-refractivity contribution in [3.63, 3.8) is 0 Å². The van der Waals surface area contributed by atoms with Crippen molar-refractivity contribution >= 4 is 46.7 Å². The number of hydrogen-bond acceptors (Lipinski definition) is 12. The molecule has 1 aliphatic rings. The summed E-state index contributed by atoms with van der Waals surface area (Å²) in [6, 6.07) is 45.4. The van der Waals surface area contributed by atoms with Gasteiger partial charge < -0.3 is 19.4 Å². The molecule has 0 unspecified atom stereocenters. The van der Waals surface area contributed by atoms with Gasteiger partial charge in [-0.25, -0.2) is 19.2 Å². The number of hydrogen-bond donors (Lipinski definition) is 0. The maximum absolute atomic E-state index is 13.1. The highest BCUT2D eigenvalue weighted by Crippen LogP contribution is 2.53. The average Bonchev–Trinajstić information content (AvgIpc) is 3.61. The van der Waals surface area contributed by atoms with Crippen LogP contribution in [0.3, 0.4) is 0 Å². The molecule has 0 bridgehead atoms. The highest BCUT2D eigenvalue weighted by atomic mass is 16.7. The second-order valence-electron chi connectivity index (χ2n) is 14.5. The molecule has 63 heavy (non-hydrogen) atoms. The molecule has 0 heterocycles. The summed E-state index contributed by atoms with van der Waals surface area (Å²) in [4.78, 5) is 73.5. The van der Waals surface area contributed by atoms with E-state index in [0.29, 0.717) is 46.2 Å². The molecule has 0 N–H and O–H groups in total. The molecule has 12 heteroatoms. The molecule has 1 aliphatic carbocycles. The van der Waals surface area contributed by atoms with Crippen LogP contribution in [0, 0.1) is 0 Å². The van der Waals surface area contributed by atoms with Crippen molar-refractivity contribution in [2.45, 2.75) is 46.0 Å². The molecule has 0 amide bonds. The van der Waals surface area contributed by atoms with Crippen LogP contribution in [0.15, 0.2) is 178 Å². The van der Waals surface area contributed by atoms with Crippen molar-refractivity contribution < 1.29 is 38.5 Å². The van der Waals surface area contributed by atoms with Gasteiger partial charge in [-0.05, 0) is 110 Å². The van der Waals surface area contributed by atoms with E-state index in [1.54, 1.807) is 135 Å². The summed E-state index contributed by atoms with van der Waals surface area (Å²) in [5, 5.41) is 16.9. The minimum Gasteiger partial charge on any atom is -0.312 e. The third-order valence-electron chi connectivity index (χ3n) is 10.8. The van der Waals surface area contributed by atoms with Crippen molar-refractivity contribution in [3.05, 3.63) is 202 Å². The zero-order valence-corrected chi connectivity index (χ0v) is 35.0. The number of nitrogens with zero attached hydrogens (tertiary/aromatic N) is 4. The van der Waals surface area contributed by atoms with Gasteiger partial charge in [-0.2, -0.15) is 0 Å². The number of rotatable bonds is 14. The molecule has 314 valence electrons. The molecule has 0 saturated heterocycles. The minimum absolute atomic E-state index is 0.173. The van der Waals surface area contributed by atoms with Crippen molar-refractivity contribution in [1.82, 2.24) is 0 Å². The maximum Gasteiger partial charge on any atom is 0.365 e. The summed E-state index contributed by atoms with van der Waals surface area (Å²) in [5.74, 6) is -2.70. The molecular weight excluding hydrogens is 797 g/mol. The topological polar surface area (TPSA) is 155 Å². The largest absolute Gasteiger partial charge is 0.365 e. The lowest BCUT2D eigenvalue weighted by atomic mass is 9.73. The van der Waals surface area contributed by atoms with E-state index >= 15 is 0 Å². The maximum atomic E-state index is 13.1. The first-order chi connectivity index (χ1) is 30.6. The number of oxime groups is 4. The Bertz CT molecular complexity index is 2590. The third-order valence-corrected chi connectivity index (χ3v) is 10.8. The first-order valence-corrected chi connectivity index (χ1v) is 20.2. The van der Waals surface area contributed by atoms with E-state index < -0.39 is 29.3 Å². The Balaban J connectivity index is 1.27. The van der Waals surface area contributed by atoms with Gasteiger partial charge in [-0.1, -0.05) is 132 Å². The van der Waals surface area contributed by atoms with Gasteiger partial charge in [0.25, 0.3) is 0 Å². The van der Waals surface area contributed by atoms with Crippen molar-refractivity contribution in [3.8, 4) is 11.1 Å². The predicted octanol–water partition coefficient (Wildman–Crippen LogP) is 10.4. The fraction of sp³-hybridized carbons (Fsp3) is 0.137. The lowest BCUT2D eigenvalue weighted by Crippen LogP contribution is -2.25. The zero-order chi connectivity index (χ0) is 44.3. The monoisotopic (exact) mass is 838 g/mol. The van der Waals surface area contributed by atoms with Gasteiger partial charge in [0.1, 0.15) is 22.8 Å². The minimum atomic E-state index is -0.680. The van der Waals surface area contributed by atoms with Crippen LogP contribution in [-0.4, -0.2) is 46.7 Å². The zero-order valence-electron chi connectivity index (χ0n) is 35.0. The molecule has 0 atom stereocenters. The van der Waals surface area contributed by atoms with Crippen LogP contribution in [0.25, 0.3) is 11.1 Å². The Morgan fingerprint density at radius 3 is 0.968 bits per heavy atom. The van der Waals surface area contributed by atoms with Gasteiger partial charge in [-0.15, -0.1) is 0 Å². The summed E-state index contributed by atoms with van der Waals surface area (Å²) >= 11 is 0. The first-order valence-electron chi connectivity index (χ1n) is 20.2. The quantitative estimate of drug-likeness (QED) is 0.0596. The van der Waals surface area contributed by atoms with Crippen LogP contribution in [0.5, 0.6) is 0 Å². The highest BCUT2D eigenvalue weighted by molar-refractivity contribution is 6.48. The Morgan fingerprint density at radius 1 is 0.397 bits per heavy atom. The van der Waals surface area contributed by atoms with Crippen molar-refractivity contribution in [1.29, 1.82) is 0 Å². The molecule has 6 aromatic carbocycles. The van der Waals surface area contributed by atoms with Crippen LogP contribution in [0.4, 0.5) is 0 Å². The Morgan fingerprint density at radius 2 is 0.683 bits per heavy atom. The molecule has 0 aliphatic heterocycles. The van der Waals surface area contributed by atoms with Crippen LogP contribution >= 0.6 is 0 Å². The van der Waals surface area contributed by atoms with Crippen LogP contribution < -0.4 is 0 Å². The highest BCUT2D eigenvalue weighted by Gasteiger charge is 2.41. The summed E-state index contributed by atoms with van der Waals surface area (Å²) in [6.45, 7) is 7.42. The third kappa shape index (κ3) is 9.45. The van der Waals surface area contributed by atoms with Crippen molar-refractivity contribution in [2.75, 3.05) is 0 Å². The molecule has 0 aromatic heterocycles. The summed E-state index contributed by atoms with van der Waals surface area (Å²) in [6.07, 6.45) is 1.34. The Labute approximate surface area is 364 Å². The summed E-state index contributed by atoms with van der Waals surface area (Å²) < 4.78 is 0. The van der Waals surface area contributed by atoms with E-state index in [0.717, 1.165) is 22.3 Å². The van der Waals surface area contributed by atoms with Gasteiger partial charge in [0.2, 0.25) is 0 Å². The van der Waals surface area contributed by atoms with Crippen LogP contribution in [-0.2, 0) is 24.8 Å². The normalized spacial score (nSPS) is 13.3. The number of carbonyl (C=O) groups excluding carboxylic acids is 4. The average molecular weight is 839 g/mol. The summed E-state index contributed by atoms with van der Waals surface area (Å²) in [7, 11) is 0. The molecular formula is C51H42N4O8. The Hall–Kier alpha value is -8.12. The standard InChI is InChI=1S/C51H42N4O8/c1-5-51(6-2)43-31-39(45(54-62-49(58)37-23-15-9-16-24-37)33(3)52-60-47(56)35-19-11-7-12-20-35)27-29-41(43)42-30-28-40(32-44(42)51)46(55-63-50(59)38-25-17-10-18-26-38)34(4)53-61-48(57)36-21-13-8-14-22-36/h7-32H,5-6H2,1-4H3/b52-33+,53-34+,54-45+,55-46+. The fourth-order valence-corrected chi connectivity index (χ4v) is 7.45. The van der Waals surface area contributed by atoms with E-state index in [1.165, 1.54) is 0 Å². The van der Waals surface area contributed by atoms with Crippen LogP contribution in [0.1, 0.15) is 104 Å². The molecule has 6 aromatic rings. The molecule has 0 saturated carbocycles. The number of carbonyl (C=O) groups is 4. The van der Waals surface area contributed by atoms with Gasteiger partial charge >= 0.3 is 23.9 Å². The Kier molecular flexibility index (Phi) is 13.3. The summed E-state index contributed by atoms with van der Waals surface area (Å²) in [5.41, 5.74) is 6.39.